The van der Waals surface area contributed by atoms with E-state index in [1.54, 1.807) is 12.1 Å². The lowest BCUT2D eigenvalue weighted by atomic mass is 10.0. The molecule has 2 aromatic heterocycles. The van der Waals surface area contributed by atoms with E-state index in [1.165, 1.54) is 0 Å². The summed E-state index contributed by atoms with van der Waals surface area (Å²) < 4.78 is 0. The van der Waals surface area contributed by atoms with Gasteiger partial charge in [0.1, 0.15) is 10.3 Å². The molecule has 20 heavy (non-hydrogen) atoms. The first-order chi connectivity index (χ1) is 9.74. The molecule has 0 aliphatic rings. The van der Waals surface area contributed by atoms with Gasteiger partial charge in [-0.3, -0.25) is 0 Å². The number of halogens is 2. The number of hydrogen-bond donors (Lipinski definition) is 0. The van der Waals surface area contributed by atoms with Crippen LogP contribution in [-0.4, -0.2) is 9.97 Å². The second-order valence-electron chi connectivity index (χ2n) is 4.61. The van der Waals surface area contributed by atoms with Crippen molar-refractivity contribution < 1.29 is 0 Å². The summed E-state index contributed by atoms with van der Waals surface area (Å²) in [4.78, 5) is 8.96. The average molecular weight is 299 g/mol. The lowest BCUT2D eigenvalue weighted by Crippen LogP contribution is -1.88. The van der Waals surface area contributed by atoms with Crippen LogP contribution in [0.5, 0.6) is 0 Å². The highest BCUT2D eigenvalue weighted by Crippen LogP contribution is 2.34. The van der Waals surface area contributed by atoms with Crippen LogP contribution in [0.25, 0.3) is 32.6 Å². The Morgan fingerprint density at radius 1 is 0.550 bits per heavy atom. The Morgan fingerprint density at radius 2 is 0.950 bits per heavy atom. The normalized spacial score (nSPS) is 11.5. The van der Waals surface area contributed by atoms with E-state index >= 15 is 0 Å². The highest BCUT2D eigenvalue weighted by atomic mass is 35.5. The standard InChI is InChI=1S/C16H8Cl2N2/c17-13-7-5-11-12-6-8-14(18)20-16(12)10-4-2-1-3-9(10)15(11)19-13/h1-8H. The maximum atomic E-state index is 6.05. The second-order valence-corrected chi connectivity index (χ2v) is 5.38. The lowest BCUT2D eigenvalue weighted by Gasteiger charge is -2.09. The zero-order valence-corrected chi connectivity index (χ0v) is 11.8. The first kappa shape index (κ1) is 11.9. The molecule has 0 fully saturated rings. The Bertz CT molecular complexity index is 879. The van der Waals surface area contributed by atoms with Crippen LogP contribution >= 0.6 is 23.2 Å². The van der Waals surface area contributed by atoms with Gasteiger partial charge in [0.15, 0.2) is 0 Å². The molecule has 0 aliphatic carbocycles. The molecule has 0 N–H and O–H groups in total. The zero-order chi connectivity index (χ0) is 13.7. The Labute approximate surface area is 125 Å². The molecule has 0 aliphatic heterocycles. The molecule has 0 saturated heterocycles. The van der Waals surface area contributed by atoms with E-state index in [-0.39, 0.29) is 0 Å². The molecule has 4 aromatic rings. The predicted octanol–water partition coefficient (Wildman–Crippen LogP) is 5.24. The number of aromatic nitrogens is 2. The van der Waals surface area contributed by atoms with Gasteiger partial charge in [-0.2, -0.15) is 0 Å². The highest BCUT2D eigenvalue weighted by Gasteiger charge is 2.10. The molecule has 0 spiro atoms. The molecule has 96 valence electrons. The van der Waals surface area contributed by atoms with Crippen molar-refractivity contribution in [2.45, 2.75) is 0 Å². The van der Waals surface area contributed by atoms with Crippen LogP contribution in [0.2, 0.25) is 10.3 Å². The lowest BCUT2D eigenvalue weighted by molar-refractivity contribution is 1.41. The van der Waals surface area contributed by atoms with E-state index in [2.05, 4.69) is 9.97 Å². The van der Waals surface area contributed by atoms with Crippen LogP contribution in [0.3, 0.4) is 0 Å². The Balaban J connectivity index is 2.40. The molecule has 2 nitrogen and oxygen atoms in total. The maximum absolute atomic E-state index is 6.05. The highest BCUT2D eigenvalue weighted by molar-refractivity contribution is 6.32. The fourth-order valence-electron chi connectivity index (χ4n) is 2.61. The summed E-state index contributed by atoms with van der Waals surface area (Å²) in [6.07, 6.45) is 0. The SMILES string of the molecule is Clc1ccc2c3ccc(Cl)nc3c3ccccc3c2n1. The third-order valence-electron chi connectivity index (χ3n) is 3.45. The third-order valence-corrected chi connectivity index (χ3v) is 3.87. The van der Waals surface area contributed by atoms with Gasteiger partial charge in [-0.1, -0.05) is 47.5 Å². The van der Waals surface area contributed by atoms with E-state index in [9.17, 15) is 0 Å². The Kier molecular flexibility index (Phi) is 2.56. The minimum atomic E-state index is 0.490. The van der Waals surface area contributed by atoms with Gasteiger partial charge in [0.2, 0.25) is 0 Å². The van der Waals surface area contributed by atoms with Gasteiger partial charge >= 0.3 is 0 Å². The van der Waals surface area contributed by atoms with Crippen LogP contribution < -0.4 is 0 Å². The molecule has 0 atom stereocenters. The van der Waals surface area contributed by atoms with E-state index < -0.39 is 0 Å². The van der Waals surface area contributed by atoms with E-state index in [0.29, 0.717) is 10.3 Å². The summed E-state index contributed by atoms with van der Waals surface area (Å²) in [5, 5.41) is 5.12. The zero-order valence-electron chi connectivity index (χ0n) is 10.3. The van der Waals surface area contributed by atoms with Crippen molar-refractivity contribution in [3.8, 4) is 0 Å². The first-order valence-electron chi connectivity index (χ1n) is 6.17. The van der Waals surface area contributed by atoms with Crippen LogP contribution in [0.1, 0.15) is 0 Å². The quantitative estimate of drug-likeness (QED) is 0.327. The number of fused-ring (bicyclic) bond motifs is 6. The fourth-order valence-corrected chi connectivity index (χ4v) is 2.91. The van der Waals surface area contributed by atoms with Gasteiger partial charge in [-0.25, -0.2) is 9.97 Å². The van der Waals surface area contributed by atoms with Crippen molar-refractivity contribution >= 4 is 55.8 Å². The summed E-state index contributed by atoms with van der Waals surface area (Å²) in [6, 6.07) is 15.6. The molecule has 0 unspecified atom stereocenters. The molecule has 0 radical (unpaired) electrons. The topological polar surface area (TPSA) is 25.8 Å². The van der Waals surface area contributed by atoms with Crippen LogP contribution in [-0.2, 0) is 0 Å². The van der Waals surface area contributed by atoms with Gasteiger partial charge in [-0.15, -0.1) is 0 Å². The molecular formula is C16H8Cl2N2. The summed E-state index contributed by atoms with van der Waals surface area (Å²) in [6.45, 7) is 0. The van der Waals surface area contributed by atoms with Crippen molar-refractivity contribution in [3.05, 3.63) is 58.8 Å². The van der Waals surface area contributed by atoms with Crippen molar-refractivity contribution in [2.75, 3.05) is 0 Å². The predicted molar refractivity (Wildman–Crippen MR) is 84.6 cm³/mol. The van der Waals surface area contributed by atoms with Gasteiger partial charge in [0, 0.05) is 21.5 Å². The molecular weight excluding hydrogens is 291 g/mol. The van der Waals surface area contributed by atoms with Crippen LogP contribution in [0.4, 0.5) is 0 Å². The molecule has 2 aromatic carbocycles. The van der Waals surface area contributed by atoms with Crippen molar-refractivity contribution in [1.82, 2.24) is 9.97 Å². The summed E-state index contributed by atoms with van der Waals surface area (Å²) >= 11 is 12.1. The van der Waals surface area contributed by atoms with Gasteiger partial charge < -0.3 is 0 Å². The van der Waals surface area contributed by atoms with Crippen molar-refractivity contribution in [2.24, 2.45) is 0 Å². The van der Waals surface area contributed by atoms with Crippen LogP contribution in [0, 0.1) is 0 Å². The third kappa shape index (κ3) is 1.65. The molecule has 2 heterocycles. The monoisotopic (exact) mass is 298 g/mol. The van der Waals surface area contributed by atoms with Gasteiger partial charge in [-0.05, 0) is 24.3 Å². The minimum absolute atomic E-state index is 0.490. The molecule has 4 rings (SSSR count). The minimum Gasteiger partial charge on any atom is -0.235 e. The van der Waals surface area contributed by atoms with E-state index in [1.807, 2.05) is 36.4 Å². The maximum Gasteiger partial charge on any atom is 0.129 e. The smallest absolute Gasteiger partial charge is 0.129 e. The average Bonchev–Trinajstić information content (AvgIpc) is 2.47. The Morgan fingerprint density at radius 3 is 1.40 bits per heavy atom. The number of rotatable bonds is 0. The number of benzene rings is 2. The van der Waals surface area contributed by atoms with Crippen LogP contribution in [0.15, 0.2) is 48.5 Å². The van der Waals surface area contributed by atoms with Gasteiger partial charge in [0.25, 0.3) is 0 Å². The molecule has 0 saturated carbocycles. The number of hydrogen-bond acceptors (Lipinski definition) is 2. The van der Waals surface area contributed by atoms with E-state index in [0.717, 1.165) is 32.6 Å². The first-order valence-corrected chi connectivity index (χ1v) is 6.93. The molecule has 0 bridgehead atoms. The Hall–Kier alpha value is -1.90. The number of nitrogens with zero attached hydrogens (tertiary/aromatic N) is 2. The second kappa shape index (κ2) is 4.30. The summed E-state index contributed by atoms with van der Waals surface area (Å²) in [5.41, 5.74) is 1.79. The molecule has 0 amide bonds. The molecule has 4 heteroatoms. The summed E-state index contributed by atoms with van der Waals surface area (Å²) in [5.74, 6) is 0. The fraction of sp³-hybridized carbons (Fsp3) is 0. The number of pyridine rings is 2. The van der Waals surface area contributed by atoms with E-state index in [4.69, 9.17) is 23.2 Å². The largest absolute Gasteiger partial charge is 0.235 e. The van der Waals surface area contributed by atoms with Gasteiger partial charge in [0.05, 0.1) is 11.0 Å². The van der Waals surface area contributed by atoms with Crippen molar-refractivity contribution in [3.63, 3.8) is 0 Å². The van der Waals surface area contributed by atoms with Crippen molar-refractivity contribution in [1.29, 1.82) is 0 Å². The summed E-state index contributed by atoms with van der Waals surface area (Å²) in [7, 11) is 0.